The molecule has 16 heavy (non-hydrogen) atoms. The van der Waals surface area contributed by atoms with Crippen molar-refractivity contribution in [2.75, 3.05) is 0 Å². The van der Waals surface area contributed by atoms with Crippen molar-refractivity contribution in [3.63, 3.8) is 0 Å². The van der Waals surface area contributed by atoms with Gasteiger partial charge in [0.2, 0.25) is 0 Å². The second-order valence-corrected chi connectivity index (χ2v) is 4.90. The maximum Gasteiger partial charge on any atom is 0.115 e. The van der Waals surface area contributed by atoms with Crippen LogP contribution in [0.3, 0.4) is 0 Å². The summed E-state index contributed by atoms with van der Waals surface area (Å²) in [5.74, 6) is 1.05. The molecule has 2 nitrogen and oxygen atoms in total. The molecule has 2 bridgehead atoms. The molecule has 2 unspecified atom stereocenters. The average molecular weight is 284 g/mol. The Morgan fingerprint density at radius 3 is 2.44 bits per heavy atom. The minimum Gasteiger partial charge on any atom is -0.508 e. The molecular formula is C13H18BrNO. The molecule has 0 amide bonds. The van der Waals surface area contributed by atoms with E-state index >= 15 is 0 Å². The van der Waals surface area contributed by atoms with Crippen molar-refractivity contribution in [1.82, 2.24) is 5.32 Å². The van der Waals surface area contributed by atoms with Crippen LogP contribution in [-0.2, 0) is 0 Å². The fourth-order valence-corrected chi connectivity index (χ4v) is 3.11. The van der Waals surface area contributed by atoms with E-state index in [0.29, 0.717) is 11.7 Å². The van der Waals surface area contributed by atoms with Gasteiger partial charge in [-0.2, -0.15) is 0 Å². The highest BCUT2D eigenvalue weighted by Gasteiger charge is 2.33. The molecule has 2 aliphatic rings. The zero-order valence-corrected chi connectivity index (χ0v) is 10.9. The van der Waals surface area contributed by atoms with Gasteiger partial charge in [0.25, 0.3) is 0 Å². The van der Waals surface area contributed by atoms with Gasteiger partial charge in [-0.05, 0) is 49.3 Å². The first-order chi connectivity index (χ1) is 7.31. The quantitative estimate of drug-likeness (QED) is 0.831. The molecule has 0 aromatic heterocycles. The van der Waals surface area contributed by atoms with E-state index in [-0.39, 0.29) is 17.0 Å². The van der Waals surface area contributed by atoms with Crippen molar-refractivity contribution < 1.29 is 5.11 Å². The first-order valence-electron chi connectivity index (χ1n) is 5.86. The van der Waals surface area contributed by atoms with Crippen molar-refractivity contribution >= 4 is 17.0 Å². The molecule has 1 aromatic rings. The van der Waals surface area contributed by atoms with Gasteiger partial charge in [-0.1, -0.05) is 12.1 Å². The van der Waals surface area contributed by atoms with Crippen LogP contribution >= 0.6 is 17.0 Å². The van der Waals surface area contributed by atoms with E-state index in [1.165, 1.54) is 31.2 Å². The molecule has 0 spiro atoms. The maximum absolute atomic E-state index is 9.48. The molecule has 2 saturated heterocycles. The molecule has 2 N–H and O–H groups in total. The van der Waals surface area contributed by atoms with Crippen LogP contribution in [0.1, 0.15) is 37.2 Å². The molecule has 2 heterocycles. The number of benzene rings is 1. The summed E-state index contributed by atoms with van der Waals surface area (Å²) >= 11 is 0. The van der Waals surface area contributed by atoms with Gasteiger partial charge in [-0.3, -0.25) is 0 Å². The summed E-state index contributed by atoms with van der Waals surface area (Å²) < 4.78 is 0. The summed E-state index contributed by atoms with van der Waals surface area (Å²) in [4.78, 5) is 0. The topological polar surface area (TPSA) is 32.3 Å². The highest BCUT2D eigenvalue weighted by Crippen LogP contribution is 2.37. The van der Waals surface area contributed by atoms with Crippen LogP contribution in [0.4, 0.5) is 0 Å². The third kappa shape index (κ3) is 2.25. The molecule has 0 saturated carbocycles. The summed E-state index contributed by atoms with van der Waals surface area (Å²) in [5.41, 5.74) is 1.31. The SMILES string of the molecule is Br.Oc1cccc(C2CC3CCC(C2)N3)c1. The first-order valence-corrected chi connectivity index (χ1v) is 5.86. The predicted molar refractivity (Wildman–Crippen MR) is 70.3 cm³/mol. The number of phenols is 1. The molecule has 3 heteroatoms. The summed E-state index contributed by atoms with van der Waals surface area (Å²) in [5, 5.41) is 13.1. The van der Waals surface area contributed by atoms with E-state index in [1.54, 1.807) is 6.07 Å². The summed E-state index contributed by atoms with van der Waals surface area (Å²) in [6.07, 6.45) is 5.14. The minimum absolute atomic E-state index is 0. The Balaban J connectivity index is 0.000000963. The van der Waals surface area contributed by atoms with Gasteiger partial charge in [0, 0.05) is 12.1 Å². The second kappa shape index (κ2) is 4.76. The number of halogens is 1. The number of hydrogen-bond acceptors (Lipinski definition) is 2. The number of fused-ring (bicyclic) bond motifs is 2. The largest absolute Gasteiger partial charge is 0.508 e. The summed E-state index contributed by atoms with van der Waals surface area (Å²) in [6.45, 7) is 0. The highest BCUT2D eigenvalue weighted by molar-refractivity contribution is 8.93. The lowest BCUT2D eigenvalue weighted by molar-refractivity contribution is 0.362. The van der Waals surface area contributed by atoms with Crippen LogP contribution in [0, 0.1) is 0 Å². The van der Waals surface area contributed by atoms with E-state index in [1.807, 2.05) is 12.1 Å². The number of rotatable bonds is 1. The Bertz CT molecular complexity index is 357. The standard InChI is InChI=1S/C13H17NO.BrH/c15-13-3-1-2-9(8-13)10-6-11-4-5-12(7-10)14-11;/h1-3,8,10-12,14-15H,4-7H2;1H. The van der Waals surface area contributed by atoms with Gasteiger partial charge in [0.1, 0.15) is 5.75 Å². The van der Waals surface area contributed by atoms with Crippen LogP contribution in [0.2, 0.25) is 0 Å². The maximum atomic E-state index is 9.48. The molecule has 88 valence electrons. The van der Waals surface area contributed by atoms with Gasteiger partial charge in [0.15, 0.2) is 0 Å². The first kappa shape index (κ1) is 11.9. The Hall–Kier alpha value is -0.540. The zero-order chi connectivity index (χ0) is 10.3. The predicted octanol–water partition coefficient (Wildman–Crippen LogP) is 2.97. The molecule has 0 aliphatic carbocycles. The average Bonchev–Trinajstić information content (AvgIpc) is 2.58. The highest BCUT2D eigenvalue weighted by atomic mass is 79.9. The third-order valence-corrected chi connectivity index (χ3v) is 3.81. The Kier molecular flexibility index (Phi) is 3.55. The molecule has 2 atom stereocenters. The van der Waals surface area contributed by atoms with Crippen molar-refractivity contribution in [3.05, 3.63) is 29.8 Å². The van der Waals surface area contributed by atoms with Gasteiger partial charge in [0.05, 0.1) is 0 Å². The monoisotopic (exact) mass is 283 g/mol. The van der Waals surface area contributed by atoms with Crippen molar-refractivity contribution in [2.45, 2.75) is 43.7 Å². The van der Waals surface area contributed by atoms with Crippen LogP contribution in [0.5, 0.6) is 5.75 Å². The molecular weight excluding hydrogens is 266 g/mol. The van der Waals surface area contributed by atoms with E-state index in [2.05, 4.69) is 11.4 Å². The van der Waals surface area contributed by atoms with E-state index in [4.69, 9.17) is 0 Å². The summed E-state index contributed by atoms with van der Waals surface area (Å²) in [7, 11) is 0. The lowest BCUT2D eigenvalue weighted by atomic mass is 9.86. The second-order valence-electron chi connectivity index (χ2n) is 4.90. The van der Waals surface area contributed by atoms with E-state index in [0.717, 1.165) is 12.1 Å². The molecule has 0 radical (unpaired) electrons. The third-order valence-electron chi connectivity index (χ3n) is 3.81. The van der Waals surface area contributed by atoms with Gasteiger partial charge in [-0.25, -0.2) is 0 Å². The lowest BCUT2D eigenvalue weighted by Gasteiger charge is -2.29. The van der Waals surface area contributed by atoms with E-state index in [9.17, 15) is 5.11 Å². The normalized spacial score (nSPS) is 32.1. The Labute approximate surface area is 107 Å². The van der Waals surface area contributed by atoms with Gasteiger partial charge >= 0.3 is 0 Å². The zero-order valence-electron chi connectivity index (χ0n) is 9.23. The number of phenolic OH excluding ortho intramolecular Hbond substituents is 1. The van der Waals surface area contributed by atoms with Gasteiger partial charge in [-0.15, -0.1) is 17.0 Å². The number of piperidine rings is 1. The van der Waals surface area contributed by atoms with E-state index < -0.39 is 0 Å². The fraction of sp³-hybridized carbons (Fsp3) is 0.538. The number of aromatic hydroxyl groups is 1. The van der Waals surface area contributed by atoms with Crippen molar-refractivity contribution in [3.8, 4) is 5.75 Å². The van der Waals surface area contributed by atoms with Crippen LogP contribution in [0.15, 0.2) is 24.3 Å². The molecule has 3 rings (SSSR count). The Morgan fingerprint density at radius 1 is 1.12 bits per heavy atom. The van der Waals surface area contributed by atoms with Crippen molar-refractivity contribution in [2.24, 2.45) is 0 Å². The fourth-order valence-electron chi connectivity index (χ4n) is 3.11. The number of hydrogen-bond donors (Lipinski definition) is 2. The van der Waals surface area contributed by atoms with Crippen molar-refractivity contribution in [1.29, 1.82) is 0 Å². The number of nitrogens with one attached hydrogen (secondary N) is 1. The summed E-state index contributed by atoms with van der Waals surface area (Å²) in [6, 6.07) is 9.21. The molecule has 2 aliphatic heterocycles. The minimum atomic E-state index is 0. The van der Waals surface area contributed by atoms with Gasteiger partial charge < -0.3 is 10.4 Å². The van der Waals surface area contributed by atoms with Crippen LogP contribution < -0.4 is 5.32 Å². The molecule has 2 fully saturated rings. The lowest BCUT2D eigenvalue weighted by Crippen LogP contribution is -2.37. The smallest absolute Gasteiger partial charge is 0.115 e. The van der Waals surface area contributed by atoms with Crippen LogP contribution in [-0.4, -0.2) is 17.2 Å². The Morgan fingerprint density at radius 2 is 1.81 bits per heavy atom. The van der Waals surface area contributed by atoms with Crippen LogP contribution in [0.25, 0.3) is 0 Å². The molecule has 1 aromatic carbocycles.